The smallest absolute Gasteiger partial charge is 0.194 e. The monoisotopic (exact) mass is 312 g/mol. The van der Waals surface area contributed by atoms with Gasteiger partial charge in [0.15, 0.2) is 11.6 Å². The molecule has 0 aromatic heterocycles. The van der Waals surface area contributed by atoms with Crippen LogP contribution in [0.5, 0.6) is 0 Å². The number of hydrogen-bond donors (Lipinski definition) is 0. The fourth-order valence-electron chi connectivity index (χ4n) is 2.17. The number of benzene rings is 2. The lowest BCUT2D eigenvalue weighted by molar-refractivity contribution is 0.100. The molecule has 1 aliphatic carbocycles. The first-order valence-corrected chi connectivity index (χ1v) is 6.62. The minimum Gasteiger partial charge on any atom is -0.289 e. The molecule has 1 aliphatic rings. The van der Waals surface area contributed by atoms with Gasteiger partial charge < -0.3 is 0 Å². The predicted octanol–water partition coefficient (Wildman–Crippen LogP) is 3.91. The van der Waals surface area contributed by atoms with Gasteiger partial charge in [-0.25, -0.2) is 0 Å². The summed E-state index contributed by atoms with van der Waals surface area (Å²) in [6.07, 6.45) is 1.42. The summed E-state index contributed by atoms with van der Waals surface area (Å²) < 4.78 is 0.795. The zero-order valence-electron chi connectivity index (χ0n) is 9.89. The molecule has 0 heterocycles. The summed E-state index contributed by atoms with van der Waals surface area (Å²) in [5.41, 5.74) is 2.16. The Labute approximate surface area is 118 Å². The molecule has 3 heteroatoms. The van der Waals surface area contributed by atoms with E-state index >= 15 is 0 Å². The second kappa shape index (κ2) is 4.59. The van der Waals surface area contributed by atoms with E-state index in [-0.39, 0.29) is 11.6 Å². The Balaban J connectivity index is 2.16. The Hall–Kier alpha value is -2.00. The fourth-order valence-corrected chi connectivity index (χ4v) is 2.53. The highest BCUT2D eigenvalue weighted by atomic mass is 79.9. The zero-order chi connectivity index (χ0) is 13.4. The van der Waals surface area contributed by atoms with Crippen molar-refractivity contribution in [2.24, 2.45) is 0 Å². The molecule has 0 unspecified atom stereocenters. The SMILES string of the molecule is O=C1C=C(c2ccccc2)C(=O)c2ccc(Br)cc21. The average molecular weight is 313 g/mol. The van der Waals surface area contributed by atoms with Gasteiger partial charge in [-0.1, -0.05) is 46.3 Å². The third-order valence-corrected chi connectivity index (χ3v) is 3.59. The van der Waals surface area contributed by atoms with Crippen LogP contribution in [-0.4, -0.2) is 11.6 Å². The third kappa shape index (κ3) is 2.06. The van der Waals surface area contributed by atoms with E-state index in [1.54, 1.807) is 18.2 Å². The number of carbonyl (C=O) groups is 2. The van der Waals surface area contributed by atoms with E-state index in [1.807, 2.05) is 30.3 Å². The standard InChI is InChI=1S/C16H9BrO2/c17-11-6-7-12-14(8-11)15(18)9-13(16(12)19)10-4-2-1-3-5-10/h1-9H. The number of Topliss-reactive ketones (excluding diaryl/α,β-unsaturated/α-hetero) is 1. The maximum absolute atomic E-state index is 12.4. The highest BCUT2D eigenvalue weighted by molar-refractivity contribution is 9.10. The number of carbonyl (C=O) groups excluding carboxylic acids is 2. The van der Waals surface area contributed by atoms with Crippen LogP contribution < -0.4 is 0 Å². The Morgan fingerprint density at radius 1 is 0.842 bits per heavy atom. The summed E-state index contributed by atoms with van der Waals surface area (Å²) in [4.78, 5) is 24.6. The van der Waals surface area contributed by atoms with Crippen LogP contribution in [-0.2, 0) is 0 Å². The van der Waals surface area contributed by atoms with Crippen LogP contribution >= 0.6 is 15.9 Å². The van der Waals surface area contributed by atoms with Gasteiger partial charge >= 0.3 is 0 Å². The first kappa shape index (κ1) is 12.1. The summed E-state index contributed by atoms with van der Waals surface area (Å²) in [5.74, 6) is -0.233. The molecule has 0 amide bonds. The van der Waals surface area contributed by atoms with E-state index in [2.05, 4.69) is 15.9 Å². The summed E-state index contributed by atoms with van der Waals surface area (Å²) in [7, 11) is 0. The number of halogens is 1. The van der Waals surface area contributed by atoms with Crippen molar-refractivity contribution in [3.05, 3.63) is 75.8 Å². The van der Waals surface area contributed by atoms with Gasteiger partial charge in [0, 0.05) is 21.2 Å². The van der Waals surface area contributed by atoms with E-state index in [4.69, 9.17) is 0 Å². The molecular weight excluding hydrogens is 304 g/mol. The van der Waals surface area contributed by atoms with Crippen molar-refractivity contribution in [3.63, 3.8) is 0 Å². The summed E-state index contributed by atoms with van der Waals surface area (Å²) in [6.45, 7) is 0. The first-order chi connectivity index (χ1) is 9.16. The van der Waals surface area contributed by atoms with Gasteiger partial charge in [-0.3, -0.25) is 9.59 Å². The summed E-state index contributed by atoms with van der Waals surface area (Å²) >= 11 is 3.31. The molecule has 0 saturated carbocycles. The number of hydrogen-bond acceptors (Lipinski definition) is 2. The van der Waals surface area contributed by atoms with E-state index < -0.39 is 0 Å². The van der Waals surface area contributed by atoms with E-state index in [0.717, 1.165) is 10.0 Å². The molecule has 19 heavy (non-hydrogen) atoms. The van der Waals surface area contributed by atoms with Crippen LogP contribution in [0.1, 0.15) is 26.3 Å². The lowest BCUT2D eigenvalue weighted by Crippen LogP contribution is -2.16. The number of ketones is 2. The molecule has 0 saturated heterocycles. The summed E-state index contributed by atoms with van der Waals surface area (Å²) in [5, 5.41) is 0. The molecule has 2 aromatic rings. The van der Waals surface area contributed by atoms with Crippen molar-refractivity contribution >= 4 is 33.1 Å². The molecule has 0 spiro atoms. The van der Waals surface area contributed by atoms with Crippen LogP contribution in [0.2, 0.25) is 0 Å². The fraction of sp³-hybridized carbons (Fsp3) is 0. The average Bonchev–Trinajstić information content (AvgIpc) is 2.43. The normalized spacial score (nSPS) is 14.1. The molecule has 0 radical (unpaired) electrons. The van der Waals surface area contributed by atoms with Crippen LogP contribution in [0.4, 0.5) is 0 Å². The molecule has 3 rings (SSSR count). The van der Waals surface area contributed by atoms with Gasteiger partial charge in [-0.05, 0) is 29.8 Å². The van der Waals surface area contributed by atoms with Crippen LogP contribution in [0.3, 0.4) is 0 Å². The van der Waals surface area contributed by atoms with Crippen molar-refractivity contribution in [1.82, 2.24) is 0 Å². The van der Waals surface area contributed by atoms with Crippen LogP contribution in [0.15, 0.2) is 59.1 Å². The van der Waals surface area contributed by atoms with Crippen molar-refractivity contribution in [2.75, 3.05) is 0 Å². The minimum atomic E-state index is -0.130. The molecule has 0 fully saturated rings. The third-order valence-electron chi connectivity index (χ3n) is 3.10. The molecule has 0 bridgehead atoms. The maximum atomic E-state index is 12.4. The lowest BCUT2D eigenvalue weighted by Gasteiger charge is -2.15. The minimum absolute atomic E-state index is 0.103. The highest BCUT2D eigenvalue weighted by Crippen LogP contribution is 2.29. The van der Waals surface area contributed by atoms with Crippen LogP contribution in [0, 0.1) is 0 Å². The van der Waals surface area contributed by atoms with Crippen molar-refractivity contribution in [1.29, 1.82) is 0 Å². The second-order valence-corrected chi connectivity index (χ2v) is 5.22. The number of fused-ring (bicyclic) bond motifs is 1. The van der Waals surface area contributed by atoms with Gasteiger partial charge in [-0.2, -0.15) is 0 Å². The van der Waals surface area contributed by atoms with Crippen molar-refractivity contribution in [2.45, 2.75) is 0 Å². The molecule has 2 nitrogen and oxygen atoms in total. The zero-order valence-corrected chi connectivity index (χ0v) is 11.5. The molecule has 0 aliphatic heterocycles. The Morgan fingerprint density at radius 3 is 2.32 bits per heavy atom. The molecule has 2 aromatic carbocycles. The molecule has 0 N–H and O–H groups in total. The maximum Gasteiger partial charge on any atom is 0.194 e. The number of rotatable bonds is 1. The molecule has 0 atom stereocenters. The Morgan fingerprint density at radius 2 is 1.58 bits per heavy atom. The van der Waals surface area contributed by atoms with Crippen molar-refractivity contribution in [3.8, 4) is 0 Å². The Bertz CT molecular complexity index is 715. The molecule has 92 valence electrons. The van der Waals surface area contributed by atoms with E-state index in [0.29, 0.717) is 16.7 Å². The van der Waals surface area contributed by atoms with Crippen LogP contribution in [0.25, 0.3) is 5.57 Å². The van der Waals surface area contributed by atoms with Gasteiger partial charge in [0.2, 0.25) is 0 Å². The number of allylic oxidation sites excluding steroid dienone is 2. The predicted molar refractivity (Wildman–Crippen MR) is 77.2 cm³/mol. The summed E-state index contributed by atoms with van der Waals surface area (Å²) in [6, 6.07) is 14.4. The van der Waals surface area contributed by atoms with Gasteiger partial charge in [0.1, 0.15) is 0 Å². The first-order valence-electron chi connectivity index (χ1n) is 5.82. The highest BCUT2D eigenvalue weighted by Gasteiger charge is 2.26. The van der Waals surface area contributed by atoms with Gasteiger partial charge in [-0.15, -0.1) is 0 Å². The lowest BCUT2D eigenvalue weighted by atomic mass is 9.86. The van der Waals surface area contributed by atoms with Gasteiger partial charge in [0.25, 0.3) is 0 Å². The van der Waals surface area contributed by atoms with Crippen molar-refractivity contribution < 1.29 is 9.59 Å². The largest absolute Gasteiger partial charge is 0.289 e. The second-order valence-electron chi connectivity index (χ2n) is 4.31. The van der Waals surface area contributed by atoms with E-state index in [9.17, 15) is 9.59 Å². The quantitative estimate of drug-likeness (QED) is 0.800. The Kier molecular flexibility index (Phi) is 2.91. The molecular formula is C16H9BrO2. The van der Waals surface area contributed by atoms with E-state index in [1.165, 1.54) is 6.08 Å². The van der Waals surface area contributed by atoms with Gasteiger partial charge in [0.05, 0.1) is 0 Å². The topological polar surface area (TPSA) is 34.1 Å².